The van der Waals surface area contributed by atoms with Crippen LogP contribution in [0.25, 0.3) is 0 Å². The fourth-order valence-corrected chi connectivity index (χ4v) is 3.16. The summed E-state index contributed by atoms with van der Waals surface area (Å²) in [5.74, 6) is 1.58. The summed E-state index contributed by atoms with van der Waals surface area (Å²) < 4.78 is 12.2. The van der Waals surface area contributed by atoms with Gasteiger partial charge in [0.1, 0.15) is 6.61 Å². The van der Waals surface area contributed by atoms with Crippen molar-refractivity contribution in [3.63, 3.8) is 0 Å². The molecule has 0 fully saturated rings. The number of aryl methyl sites for hydroxylation is 1. The van der Waals surface area contributed by atoms with Gasteiger partial charge in [-0.05, 0) is 55.7 Å². The highest BCUT2D eigenvalue weighted by Gasteiger charge is 2.14. The van der Waals surface area contributed by atoms with E-state index < -0.39 is 0 Å². The molecule has 29 heavy (non-hydrogen) atoms. The van der Waals surface area contributed by atoms with E-state index in [1.165, 1.54) is 5.56 Å². The van der Waals surface area contributed by atoms with Crippen molar-refractivity contribution in [1.29, 1.82) is 0 Å². The van der Waals surface area contributed by atoms with Crippen LogP contribution in [0.15, 0.2) is 79.4 Å². The molecule has 3 aromatic rings. The normalized spacial score (nSPS) is 10.4. The Balaban J connectivity index is 1.82. The van der Waals surface area contributed by atoms with E-state index in [2.05, 4.69) is 67.4 Å². The Morgan fingerprint density at radius 3 is 2.38 bits per heavy atom. The zero-order valence-electron chi connectivity index (χ0n) is 17.3. The van der Waals surface area contributed by atoms with Crippen molar-refractivity contribution in [2.45, 2.75) is 33.4 Å². The lowest BCUT2D eigenvalue weighted by molar-refractivity contribution is 0.267. The molecule has 3 heteroatoms. The molecule has 0 spiro atoms. The average molecular weight is 388 g/mol. The maximum atomic E-state index is 6.22. The molecule has 0 aliphatic rings. The number of ether oxygens (including phenoxy) is 2. The number of anilines is 1. The van der Waals surface area contributed by atoms with Crippen LogP contribution in [0.2, 0.25) is 0 Å². The van der Waals surface area contributed by atoms with Crippen LogP contribution in [0.5, 0.6) is 11.5 Å². The molecule has 150 valence electrons. The summed E-state index contributed by atoms with van der Waals surface area (Å²) in [6, 6.07) is 22.8. The highest BCUT2D eigenvalue weighted by molar-refractivity contribution is 5.52. The molecule has 3 rings (SSSR count). The lowest BCUT2D eigenvalue weighted by Gasteiger charge is -2.18. The van der Waals surface area contributed by atoms with Crippen molar-refractivity contribution in [3.05, 3.63) is 102 Å². The van der Waals surface area contributed by atoms with Gasteiger partial charge in [-0.3, -0.25) is 0 Å². The smallest absolute Gasteiger partial charge is 0.165 e. The van der Waals surface area contributed by atoms with E-state index in [-0.39, 0.29) is 0 Å². The summed E-state index contributed by atoms with van der Waals surface area (Å²) in [6.07, 6.45) is 2.63. The lowest BCUT2D eigenvalue weighted by atomic mass is 10.0. The standard InChI is InChI=1S/C26H29NO2/c1-4-9-23-16-22(18-27-24-10-7-6-8-11-24)17-25(28-5-2)26(23)29-19-21-14-12-20(3)13-15-21/h4,6-8,10-17,27H,1,5,9,18-19H2,2-3H3. The Morgan fingerprint density at radius 1 is 0.931 bits per heavy atom. The van der Waals surface area contributed by atoms with E-state index in [0.29, 0.717) is 19.8 Å². The molecule has 3 nitrogen and oxygen atoms in total. The third kappa shape index (κ3) is 5.89. The number of hydrogen-bond donors (Lipinski definition) is 1. The van der Waals surface area contributed by atoms with Crippen molar-refractivity contribution in [1.82, 2.24) is 0 Å². The minimum atomic E-state index is 0.506. The second-order valence-electron chi connectivity index (χ2n) is 7.00. The number of rotatable bonds is 10. The Hall–Kier alpha value is -3.20. The number of hydrogen-bond acceptors (Lipinski definition) is 3. The largest absolute Gasteiger partial charge is 0.490 e. The lowest BCUT2D eigenvalue weighted by Crippen LogP contribution is -2.06. The van der Waals surface area contributed by atoms with Crippen LogP contribution in [0.1, 0.15) is 29.2 Å². The first-order chi connectivity index (χ1) is 14.2. The van der Waals surface area contributed by atoms with Gasteiger partial charge in [-0.15, -0.1) is 6.58 Å². The van der Waals surface area contributed by atoms with E-state index in [4.69, 9.17) is 9.47 Å². The maximum absolute atomic E-state index is 6.22. The van der Waals surface area contributed by atoms with Crippen LogP contribution in [-0.2, 0) is 19.6 Å². The van der Waals surface area contributed by atoms with Crippen LogP contribution in [0, 0.1) is 6.92 Å². The van der Waals surface area contributed by atoms with Gasteiger partial charge < -0.3 is 14.8 Å². The van der Waals surface area contributed by atoms with Gasteiger partial charge >= 0.3 is 0 Å². The monoisotopic (exact) mass is 387 g/mol. The van der Waals surface area contributed by atoms with Gasteiger partial charge in [0.25, 0.3) is 0 Å². The van der Waals surface area contributed by atoms with E-state index in [9.17, 15) is 0 Å². The zero-order chi connectivity index (χ0) is 20.5. The molecular weight excluding hydrogens is 358 g/mol. The molecule has 0 saturated heterocycles. The van der Waals surface area contributed by atoms with Crippen molar-refractivity contribution in [2.75, 3.05) is 11.9 Å². The van der Waals surface area contributed by atoms with Crippen LogP contribution in [-0.4, -0.2) is 6.61 Å². The molecule has 0 bridgehead atoms. The molecule has 1 N–H and O–H groups in total. The predicted octanol–water partition coefficient (Wildman–Crippen LogP) is 6.31. The first kappa shape index (κ1) is 20.5. The molecule has 0 amide bonds. The van der Waals surface area contributed by atoms with Gasteiger partial charge in [0.15, 0.2) is 11.5 Å². The molecule has 0 aliphatic carbocycles. The van der Waals surface area contributed by atoms with E-state index in [0.717, 1.165) is 40.3 Å². The maximum Gasteiger partial charge on any atom is 0.165 e. The second kappa shape index (κ2) is 10.4. The van der Waals surface area contributed by atoms with Crippen LogP contribution in [0.3, 0.4) is 0 Å². The number of nitrogens with one attached hydrogen (secondary N) is 1. The summed E-state index contributed by atoms with van der Waals surface area (Å²) in [4.78, 5) is 0. The molecule has 0 aromatic heterocycles. The quantitative estimate of drug-likeness (QED) is 0.413. The van der Waals surface area contributed by atoms with Gasteiger partial charge in [-0.25, -0.2) is 0 Å². The summed E-state index contributed by atoms with van der Waals surface area (Å²) in [7, 11) is 0. The van der Waals surface area contributed by atoms with Crippen molar-refractivity contribution in [2.24, 2.45) is 0 Å². The topological polar surface area (TPSA) is 30.5 Å². The fraction of sp³-hybridized carbons (Fsp3) is 0.231. The van der Waals surface area contributed by atoms with Gasteiger partial charge in [0.05, 0.1) is 6.61 Å². The predicted molar refractivity (Wildman–Crippen MR) is 121 cm³/mol. The first-order valence-corrected chi connectivity index (χ1v) is 10.1. The average Bonchev–Trinajstić information content (AvgIpc) is 2.74. The molecule has 0 atom stereocenters. The van der Waals surface area contributed by atoms with Gasteiger partial charge in [-0.2, -0.15) is 0 Å². The SMILES string of the molecule is C=CCc1cc(CNc2ccccc2)cc(OCC)c1OCc1ccc(C)cc1. The molecule has 3 aromatic carbocycles. The third-order valence-corrected chi connectivity index (χ3v) is 4.63. The highest BCUT2D eigenvalue weighted by atomic mass is 16.5. The molecular formula is C26H29NO2. The molecule has 0 saturated carbocycles. The van der Waals surface area contributed by atoms with Crippen molar-refractivity contribution in [3.8, 4) is 11.5 Å². The van der Waals surface area contributed by atoms with Crippen molar-refractivity contribution < 1.29 is 9.47 Å². The van der Waals surface area contributed by atoms with Crippen molar-refractivity contribution >= 4 is 5.69 Å². The minimum Gasteiger partial charge on any atom is -0.490 e. The van der Waals surface area contributed by atoms with Gasteiger partial charge in [-0.1, -0.05) is 54.1 Å². The Labute approximate surface area is 174 Å². The summed E-state index contributed by atoms with van der Waals surface area (Å²) in [6.45, 7) is 9.80. The van der Waals surface area contributed by atoms with Crippen LogP contribution >= 0.6 is 0 Å². The molecule has 0 unspecified atom stereocenters. The fourth-order valence-electron chi connectivity index (χ4n) is 3.16. The van der Waals surface area contributed by atoms with E-state index in [1.807, 2.05) is 31.2 Å². The Bertz CT molecular complexity index is 917. The molecule has 0 radical (unpaired) electrons. The number of allylic oxidation sites excluding steroid dienone is 1. The third-order valence-electron chi connectivity index (χ3n) is 4.63. The van der Waals surface area contributed by atoms with Gasteiger partial charge in [0.2, 0.25) is 0 Å². The van der Waals surface area contributed by atoms with E-state index in [1.54, 1.807) is 0 Å². The minimum absolute atomic E-state index is 0.506. The number of para-hydroxylation sites is 1. The van der Waals surface area contributed by atoms with Crippen LogP contribution < -0.4 is 14.8 Å². The molecule has 0 heterocycles. The first-order valence-electron chi connectivity index (χ1n) is 10.1. The Kier molecular flexibility index (Phi) is 7.34. The highest BCUT2D eigenvalue weighted by Crippen LogP contribution is 2.35. The number of benzene rings is 3. The van der Waals surface area contributed by atoms with Gasteiger partial charge in [0, 0.05) is 17.8 Å². The second-order valence-corrected chi connectivity index (χ2v) is 7.00. The van der Waals surface area contributed by atoms with E-state index >= 15 is 0 Å². The summed E-state index contributed by atoms with van der Waals surface area (Å²) >= 11 is 0. The molecule has 0 aliphatic heterocycles. The Morgan fingerprint density at radius 2 is 1.69 bits per heavy atom. The zero-order valence-corrected chi connectivity index (χ0v) is 17.3. The van der Waals surface area contributed by atoms with Crippen LogP contribution in [0.4, 0.5) is 5.69 Å². The summed E-state index contributed by atoms with van der Waals surface area (Å²) in [5.41, 5.74) is 5.71. The summed E-state index contributed by atoms with van der Waals surface area (Å²) in [5, 5.41) is 3.46.